The van der Waals surface area contributed by atoms with Gasteiger partial charge in [0, 0.05) is 17.6 Å². The Hall–Kier alpha value is -2.55. The molecule has 122 valence electrons. The zero-order valence-electron chi connectivity index (χ0n) is 13.8. The fourth-order valence-electron chi connectivity index (χ4n) is 3.99. The normalized spacial score (nSPS) is 17.0. The molecule has 1 atom stereocenters. The summed E-state index contributed by atoms with van der Waals surface area (Å²) in [4.78, 5) is 11.8. The van der Waals surface area contributed by atoms with Gasteiger partial charge in [-0.1, -0.05) is 49.4 Å². The summed E-state index contributed by atoms with van der Waals surface area (Å²) in [6.07, 6.45) is 3.23. The van der Waals surface area contributed by atoms with Gasteiger partial charge in [0.1, 0.15) is 0 Å². The number of hydrogen-bond acceptors (Lipinski definition) is 1. The maximum Gasteiger partial charge on any atom is 0.337 e. The number of hydrogen-bond donors (Lipinski definition) is 1. The van der Waals surface area contributed by atoms with Crippen molar-refractivity contribution in [2.75, 3.05) is 0 Å². The molecule has 0 radical (unpaired) electrons. The van der Waals surface area contributed by atoms with Crippen LogP contribution in [-0.4, -0.2) is 15.6 Å². The van der Waals surface area contributed by atoms with Crippen molar-refractivity contribution in [1.82, 2.24) is 4.57 Å². The number of fused-ring (bicyclic) bond motifs is 3. The van der Waals surface area contributed by atoms with Gasteiger partial charge >= 0.3 is 5.97 Å². The molecule has 0 spiro atoms. The van der Waals surface area contributed by atoms with E-state index in [0.717, 1.165) is 30.3 Å². The lowest BCUT2D eigenvalue weighted by molar-refractivity contribution is 0.0698. The van der Waals surface area contributed by atoms with Crippen molar-refractivity contribution in [3.63, 3.8) is 0 Å². The maximum atomic E-state index is 11.8. The summed E-state index contributed by atoms with van der Waals surface area (Å²) < 4.78 is 2.25. The van der Waals surface area contributed by atoms with Crippen molar-refractivity contribution in [3.8, 4) is 0 Å². The topological polar surface area (TPSA) is 42.2 Å². The first-order valence-electron chi connectivity index (χ1n) is 8.55. The summed E-state index contributed by atoms with van der Waals surface area (Å²) in [7, 11) is 0. The molecule has 2 aromatic carbocycles. The average Bonchev–Trinajstić information content (AvgIpc) is 2.89. The highest BCUT2D eigenvalue weighted by atomic mass is 16.4. The highest BCUT2D eigenvalue weighted by Gasteiger charge is 2.25. The van der Waals surface area contributed by atoms with Gasteiger partial charge in [-0.15, -0.1) is 0 Å². The molecule has 0 saturated heterocycles. The molecule has 24 heavy (non-hydrogen) atoms. The van der Waals surface area contributed by atoms with Crippen LogP contribution in [0.2, 0.25) is 0 Å². The molecule has 0 amide bonds. The van der Waals surface area contributed by atoms with Crippen molar-refractivity contribution >= 4 is 16.9 Å². The van der Waals surface area contributed by atoms with Crippen molar-refractivity contribution in [3.05, 3.63) is 70.9 Å². The van der Waals surface area contributed by atoms with E-state index in [1.807, 2.05) is 24.3 Å². The smallest absolute Gasteiger partial charge is 0.337 e. The Labute approximate surface area is 141 Å². The SMILES string of the molecule is CC1CCc2c(c3cccc(C(=O)O)c3n2Cc2ccccc2)C1. The molecule has 1 aliphatic carbocycles. The van der Waals surface area contributed by atoms with E-state index < -0.39 is 5.97 Å². The van der Waals surface area contributed by atoms with Gasteiger partial charge in [0.15, 0.2) is 0 Å². The first kappa shape index (κ1) is 15.0. The number of para-hydroxylation sites is 1. The van der Waals surface area contributed by atoms with Gasteiger partial charge in [0.2, 0.25) is 0 Å². The first-order valence-corrected chi connectivity index (χ1v) is 8.55. The number of aromatic carboxylic acids is 1. The highest BCUT2D eigenvalue weighted by molar-refractivity contribution is 6.04. The third kappa shape index (κ3) is 2.41. The van der Waals surface area contributed by atoms with E-state index >= 15 is 0 Å². The van der Waals surface area contributed by atoms with Crippen molar-refractivity contribution in [1.29, 1.82) is 0 Å². The fraction of sp³-hybridized carbons (Fsp3) is 0.286. The summed E-state index contributed by atoms with van der Waals surface area (Å²) in [6, 6.07) is 16.0. The average molecular weight is 319 g/mol. The van der Waals surface area contributed by atoms with Crippen LogP contribution in [0, 0.1) is 5.92 Å². The zero-order chi connectivity index (χ0) is 16.7. The number of aromatic nitrogens is 1. The molecular formula is C21H21NO2. The monoisotopic (exact) mass is 319 g/mol. The van der Waals surface area contributed by atoms with E-state index in [2.05, 4.69) is 29.7 Å². The minimum atomic E-state index is -0.849. The predicted octanol–water partition coefficient (Wildman–Crippen LogP) is 4.51. The molecule has 4 rings (SSSR count). The van der Waals surface area contributed by atoms with Crippen molar-refractivity contribution in [2.24, 2.45) is 5.92 Å². The van der Waals surface area contributed by atoms with Crippen LogP contribution in [0.15, 0.2) is 48.5 Å². The Morgan fingerprint density at radius 2 is 1.96 bits per heavy atom. The van der Waals surface area contributed by atoms with E-state index in [-0.39, 0.29) is 0 Å². The third-order valence-electron chi connectivity index (χ3n) is 5.15. The second-order valence-corrected chi connectivity index (χ2v) is 6.85. The van der Waals surface area contributed by atoms with Crippen LogP contribution in [0.4, 0.5) is 0 Å². The number of carbonyl (C=O) groups is 1. The molecule has 1 aliphatic rings. The van der Waals surface area contributed by atoms with Crippen molar-refractivity contribution < 1.29 is 9.90 Å². The number of nitrogens with zero attached hydrogens (tertiary/aromatic N) is 1. The molecule has 1 N–H and O–H groups in total. The second-order valence-electron chi connectivity index (χ2n) is 6.85. The Morgan fingerprint density at radius 3 is 2.71 bits per heavy atom. The molecule has 0 saturated carbocycles. The molecule has 3 nitrogen and oxygen atoms in total. The van der Waals surface area contributed by atoms with Crippen LogP contribution < -0.4 is 0 Å². The van der Waals surface area contributed by atoms with Crippen LogP contribution in [0.3, 0.4) is 0 Å². The molecule has 1 unspecified atom stereocenters. The van der Waals surface area contributed by atoms with Crippen LogP contribution in [0.5, 0.6) is 0 Å². The van der Waals surface area contributed by atoms with Crippen molar-refractivity contribution in [2.45, 2.75) is 32.7 Å². The highest BCUT2D eigenvalue weighted by Crippen LogP contribution is 2.36. The standard InChI is InChI=1S/C21H21NO2/c1-14-10-11-19-18(12-14)16-8-5-9-17(21(23)24)20(16)22(19)13-15-6-3-2-4-7-15/h2-9,14H,10-13H2,1H3,(H,23,24). The van der Waals surface area contributed by atoms with E-state index in [9.17, 15) is 9.90 Å². The molecule has 0 fully saturated rings. The number of carboxylic acid groups (broad SMARTS) is 1. The Kier molecular flexibility index (Phi) is 3.64. The van der Waals surface area contributed by atoms with Gasteiger partial charge in [-0.25, -0.2) is 4.79 Å². The van der Waals surface area contributed by atoms with Gasteiger partial charge in [-0.05, 0) is 42.4 Å². The number of carboxylic acids is 1. The Morgan fingerprint density at radius 1 is 1.17 bits per heavy atom. The number of benzene rings is 2. The van der Waals surface area contributed by atoms with Crippen LogP contribution in [0.1, 0.15) is 40.5 Å². The fourth-order valence-corrected chi connectivity index (χ4v) is 3.99. The van der Waals surface area contributed by atoms with E-state index in [4.69, 9.17) is 0 Å². The molecule has 1 heterocycles. The molecule has 0 bridgehead atoms. The van der Waals surface area contributed by atoms with E-state index in [1.54, 1.807) is 6.07 Å². The lowest BCUT2D eigenvalue weighted by Crippen LogP contribution is -2.14. The van der Waals surface area contributed by atoms with Gasteiger partial charge in [0.25, 0.3) is 0 Å². The number of rotatable bonds is 3. The molecule has 3 aromatic rings. The van der Waals surface area contributed by atoms with Crippen LogP contribution in [0.25, 0.3) is 10.9 Å². The minimum absolute atomic E-state index is 0.408. The minimum Gasteiger partial charge on any atom is -0.478 e. The van der Waals surface area contributed by atoms with Gasteiger partial charge in [0.05, 0.1) is 11.1 Å². The summed E-state index contributed by atoms with van der Waals surface area (Å²) >= 11 is 0. The lowest BCUT2D eigenvalue weighted by Gasteiger charge is -2.21. The summed E-state index contributed by atoms with van der Waals surface area (Å²) in [6.45, 7) is 3.01. The largest absolute Gasteiger partial charge is 0.478 e. The van der Waals surface area contributed by atoms with Gasteiger partial charge < -0.3 is 9.67 Å². The molecule has 1 aromatic heterocycles. The Bertz CT molecular complexity index is 908. The van der Waals surface area contributed by atoms with E-state index in [0.29, 0.717) is 11.5 Å². The van der Waals surface area contributed by atoms with E-state index in [1.165, 1.54) is 23.2 Å². The van der Waals surface area contributed by atoms with Gasteiger partial charge in [-0.3, -0.25) is 0 Å². The predicted molar refractivity (Wildman–Crippen MR) is 95.6 cm³/mol. The lowest BCUT2D eigenvalue weighted by atomic mass is 9.87. The Balaban J connectivity index is 1.98. The first-order chi connectivity index (χ1) is 11.6. The van der Waals surface area contributed by atoms with Gasteiger partial charge in [-0.2, -0.15) is 0 Å². The molecular weight excluding hydrogens is 298 g/mol. The quantitative estimate of drug-likeness (QED) is 0.771. The second kappa shape index (κ2) is 5.82. The molecule has 0 aliphatic heterocycles. The third-order valence-corrected chi connectivity index (χ3v) is 5.15. The summed E-state index contributed by atoms with van der Waals surface area (Å²) in [5.41, 5.74) is 5.16. The molecule has 3 heteroatoms. The summed E-state index contributed by atoms with van der Waals surface area (Å²) in [5, 5.41) is 10.8. The maximum absolute atomic E-state index is 11.8. The van der Waals surface area contributed by atoms with Crippen LogP contribution >= 0.6 is 0 Å². The summed E-state index contributed by atoms with van der Waals surface area (Å²) in [5.74, 6) is -0.195. The van der Waals surface area contributed by atoms with Crippen LogP contribution in [-0.2, 0) is 19.4 Å². The zero-order valence-corrected chi connectivity index (χ0v) is 13.8.